The van der Waals surface area contributed by atoms with Crippen molar-refractivity contribution < 1.29 is 24.6 Å². The van der Waals surface area contributed by atoms with Crippen molar-refractivity contribution in [2.75, 3.05) is 7.11 Å². The molecule has 30 heavy (non-hydrogen) atoms. The molecule has 1 aromatic rings. The van der Waals surface area contributed by atoms with Gasteiger partial charge in [-0.2, -0.15) is 0 Å². The van der Waals surface area contributed by atoms with Gasteiger partial charge in [-0.1, -0.05) is 34.1 Å². The first-order valence-electron chi connectivity index (χ1n) is 10.7. The molecule has 3 rings (SSSR count). The van der Waals surface area contributed by atoms with Crippen LogP contribution in [-0.2, 0) is 4.84 Å². The van der Waals surface area contributed by atoms with E-state index in [1.54, 1.807) is 0 Å². The number of ketones is 1. The summed E-state index contributed by atoms with van der Waals surface area (Å²) in [4.78, 5) is 30.7. The zero-order chi connectivity index (χ0) is 22.3. The van der Waals surface area contributed by atoms with Gasteiger partial charge >= 0.3 is 6.03 Å². The summed E-state index contributed by atoms with van der Waals surface area (Å²) in [5, 5.41) is 22.8. The van der Waals surface area contributed by atoms with E-state index in [-0.39, 0.29) is 51.9 Å². The Labute approximate surface area is 178 Å². The number of Topliss-reactive ketones (excluding diaryl/α,β-unsaturated/α-hetero) is 1. The molecule has 2 fully saturated rings. The van der Waals surface area contributed by atoms with Crippen LogP contribution in [0.4, 0.5) is 4.79 Å². The molecule has 7 nitrogen and oxygen atoms in total. The van der Waals surface area contributed by atoms with Crippen LogP contribution in [0.1, 0.15) is 63.7 Å². The van der Waals surface area contributed by atoms with Gasteiger partial charge in [-0.3, -0.25) is 9.63 Å². The number of fused-ring (bicyclic) bond motifs is 1. The summed E-state index contributed by atoms with van der Waals surface area (Å²) in [5.41, 5.74) is 2.40. The topological polar surface area (TPSA) is 108 Å². The summed E-state index contributed by atoms with van der Waals surface area (Å²) in [7, 11) is 1.38. The van der Waals surface area contributed by atoms with Crippen LogP contribution in [0.25, 0.3) is 0 Å². The quantitative estimate of drug-likeness (QED) is 0.437. The molecular weight excluding hydrogens is 384 g/mol. The van der Waals surface area contributed by atoms with Crippen molar-refractivity contribution in [2.24, 2.45) is 28.6 Å². The van der Waals surface area contributed by atoms with E-state index < -0.39 is 6.03 Å². The highest BCUT2D eigenvalue weighted by atomic mass is 16.6. The first-order chi connectivity index (χ1) is 14.0. The molecule has 5 atom stereocenters. The van der Waals surface area contributed by atoms with Gasteiger partial charge in [-0.05, 0) is 54.1 Å². The second kappa shape index (κ2) is 8.10. The molecule has 2 saturated carbocycles. The minimum absolute atomic E-state index is 0.0320. The number of urea groups is 1. The average molecular weight is 419 g/mol. The van der Waals surface area contributed by atoms with Gasteiger partial charge in [0.1, 0.15) is 11.5 Å². The van der Waals surface area contributed by atoms with Gasteiger partial charge in [-0.25, -0.2) is 10.3 Å². The zero-order valence-corrected chi connectivity index (χ0v) is 18.5. The molecule has 0 saturated heterocycles. The van der Waals surface area contributed by atoms with Crippen molar-refractivity contribution in [3.05, 3.63) is 23.8 Å². The fraction of sp³-hybridized carbons (Fsp3) is 0.652. The number of carbonyl (C=O) groups is 2. The van der Waals surface area contributed by atoms with E-state index in [0.717, 1.165) is 25.7 Å². The lowest BCUT2D eigenvalue weighted by Crippen LogP contribution is -2.61. The van der Waals surface area contributed by atoms with Gasteiger partial charge in [-0.15, -0.1) is 0 Å². The van der Waals surface area contributed by atoms with Crippen LogP contribution in [0.5, 0.6) is 11.5 Å². The van der Waals surface area contributed by atoms with Gasteiger partial charge in [0.15, 0.2) is 5.78 Å². The SMILES string of the molecule is CONC(=O)NC1CC2C(C)(C)CCCC2(C)C(C(=O)c2cc(O)cc(O)c2)C1C. The number of hydrogen-bond acceptors (Lipinski definition) is 5. The lowest BCUT2D eigenvalue weighted by atomic mass is 9.45. The number of nitrogens with one attached hydrogen (secondary N) is 2. The molecule has 2 amide bonds. The molecule has 2 aliphatic carbocycles. The standard InChI is InChI=1S/C23H34N2O5/c1-13-17(24-21(29)25-30-5)12-18-22(2,3)7-6-8-23(18,4)19(13)20(28)14-9-15(26)11-16(27)10-14/h9-11,13,17-19,26-27H,6-8,12H2,1-5H3,(H2,24,25,29). The lowest BCUT2D eigenvalue weighted by molar-refractivity contribution is -0.0902. The predicted octanol–water partition coefficient (Wildman–Crippen LogP) is 4.00. The number of phenols is 2. The number of carbonyl (C=O) groups excluding carboxylic acids is 2. The minimum Gasteiger partial charge on any atom is -0.508 e. The Bertz CT molecular complexity index is 804. The van der Waals surface area contributed by atoms with Crippen LogP contribution in [0.2, 0.25) is 0 Å². The molecule has 0 heterocycles. The van der Waals surface area contributed by atoms with Crippen molar-refractivity contribution in [3.8, 4) is 11.5 Å². The first-order valence-corrected chi connectivity index (χ1v) is 10.7. The smallest absolute Gasteiger partial charge is 0.338 e. The number of hydroxylamine groups is 1. The maximum absolute atomic E-state index is 13.8. The normalized spacial score (nSPS) is 32.7. The number of aromatic hydroxyl groups is 2. The molecule has 0 bridgehead atoms. The maximum atomic E-state index is 13.8. The number of rotatable bonds is 4. The fourth-order valence-corrected chi connectivity index (χ4v) is 6.36. The van der Waals surface area contributed by atoms with Gasteiger partial charge in [0.05, 0.1) is 7.11 Å². The largest absolute Gasteiger partial charge is 0.508 e. The van der Waals surface area contributed by atoms with E-state index in [2.05, 4.69) is 31.6 Å². The number of benzene rings is 1. The summed E-state index contributed by atoms with van der Waals surface area (Å²) in [5.74, 6) is -0.618. The van der Waals surface area contributed by atoms with Crippen LogP contribution >= 0.6 is 0 Å². The van der Waals surface area contributed by atoms with Gasteiger partial charge in [0.2, 0.25) is 0 Å². The molecular formula is C23H34N2O5. The van der Waals surface area contributed by atoms with Crippen molar-refractivity contribution in [3.63, 3.8) is 0 Å². The minimum atomic E-state index is -0.423. The van der Waals surface area contributed by atoms with Gasteiger partial charge < -0.3 is 15.5 Å². The Balaban J connectivity index is 2.03. The fourth-order valence-electron chi connectivity index (χ4n) is 6.36. The molecule has 5 unspecified atom stereocenters. The monoisotopic (exact) mass is 418 g/mol. The highest BCUT2D eigenvalue weighted by molar-refractivity contribution is 5.99. The van der Waals surface area contributed by atoms with Crippen LogP contribution in [-0.4, -0.2) is 35.2 Å². The Morgan fingerprint density at radius 3 is 2.33 bits per heavy atom. The van der Waals surface area contributed by atoms with Crippen molar-refractivity contribution in [1.82, 2.24) is 10.8 Å². The Morgan fingerprint density at radius 1 is 1.10 bits per heavy atom. The van der Waals surface area contributed by atoms with E-state index in [1.807, 2.05) is 6.92 Å². The number of amides is 2. The van der Waals surface area contributed by atoms with Crippen LogP contribution in [0.3, 0.4) is 0 Å². The van der Waals surface area contributed by atoms with Crippen LogP contribution < -0.4 is 10.8 Å². The molecule has 2 aliphatic rings. The van der Waals surface area contributed by atoms with Gasteiger partial charge in [0, 0.05) is 23.6 Å². The Morgan fingerprint density at radius 2 is 1.73 bits per heavy atom. The van der Waals surface area contributed by atoms with Crippen molar-refractivity contribution in [1.29, 1.82) is 0 Å². The Hall–Kier alpha value is -2.28. The van der Waals surface area contributed by atoms with Crippen LogP contribution in [0, 0.1) is 28.6 Å². The second-order valence-electron chi connectivity index (χ2n) is 9.96. The molecule has 0 spiro atoms. The van der Waals surface area contributed by atoms with E-state index in [0.29, 0.717) is 5.56 Å². The molecule has 1 aromatic carbocycles. The molecule has 0 radical (unpaired) electrons. The lowest BCUT2D eigenvalue weighted by Gasteiger charge is -2.60. The van der Waals surface area contributed by atoms with E-state index >= 15 is 0 Å². The van der Waals surface area contributed by atoms with Crippen molar-refractivity contribution in [2.45, 2.75) is 59.4 Å². The van der Waals surface area contributed by atoms with E-state index in [4.69, 9.17) is 4.84 Å². The third kappa shape index (κ3) is 4.00. The van der Waals surface area contributed by atoms with Crippen LogP contribution in [0.15, 0.2) is 18.2 Å². The van der Waals surface area contributed by atoms with Crippen molar-refractivity contribution >= 4 is 11.8 Å². The summed E-state index contributed by atoms with van der Waals surface area (Å²) in [6.07, 6.45) is 3.84. The summed E-state index contributed by atoms with van der Waals surface area (Å²) >= 11 is 0. The summed E-state index contributed by atoms with van der Waals surface area (Å²) < 4.78 is 0. The molecule has 166 valence electrons. The maximum Gasteiger partial charge on any atom is 0.338 e. The van der Waals surface area contributed by atoms with Gasteiger partial charge in [0.25, 0.3) is 0 Å². The second-order valence-corrected chi connectivity index (χ2v) is 9.96. The molecule has 7 heteroatoms. The predicted molar refractivity (Wildman–Crippen MR) is 113 cm³/mol. The molecule has 0 aliphatic heterocycles. The summed E-state index contributed by atoms with van der Waals surface area (Å²) in [6, 6.07) is 3.42. The van der Waals surface area contributed by atoms with E-state index in [1.165, 1.54) is 25.3 Å². The average Bonchev–Trinajstić information content (AvgIpc) is 2.62. The Kier molecular flexibility index (Phi) is 6.05. The molecule has 0 aromatic heterocycles. The van der Waals surface area contributed by atoms with E-state index in [9.17, 15) is 19.8 Å². The highest BCUT2D eigenvalue weighted by Gasteiger charge is 2.58. The first kappa shape index (κ1) is 22.4. The highest BCUT2D eigenvalue weighted by Crippen LogP contribution is 2.61. The molecule has 4 N–H and O–H groups in total. The zero-order valence-electron chi connectivity index (χ0n) is 18.5. The third-order valence-electron chi connectivity index (χ3n) is 7.62. The third-order valence-corrected chi connectivity index (χ3v) is 7.62. The number of hydrogen-bond donors (Lipinski definition) is 4. The summed E-state index contributed by atoms with van der Waals surface area (Å²) in [6.45, 7) is 8.70. The number of phenolic OH excluding ortho intramolecular Hbond substituents is 2.